The van der Waals surface area contributed by atoms with E-state index in [1.807, 2.05) is 6.07 Å². The largest absolute Gasteiger partial charge is 0.497 e. The lowest BCUT2D eigenvalue weighted by Gasteiger charge is -2.22. The van der Waals surface area contributed by atoms with Gasteiger partial charge in [-0.25, -0.2) is 0 Å². The fourth-order valence-electron chi connectivity index (χ4n) is 3.73. The Labute approximate surface area is 147 Å². The maximum atomic E-state index is 9.86. The molecule has 5 heteroatoms. The Kier molecular flexibility index (Phi) is 4.32. The van der Waals surface area contributed by atoms with Crippen molar-refractivity contribution in [3.05, 3.63) is 59.4 Å². The van der Waals surface area contributed by atoms with E-state index in [0.29, 0.717) is 5.92 Å². The first-order chi connectivity index (χ1) is 12.2. The molecular weight excluding hydrogens is 314 g/mol. The van der Waals surface area contributed by atoms with Crippen LogP contribution in [0.2, 0.25) is 0 Å². The smallest absolute Gasteiger partial charge is 0.119 e. The summed E-state index contributed by atoms with van der Waals surface area (Å²) in [5.41, 5.74) is 3.33. The lowest BCUT2D eigenvalue weighted by molar-refractivity contribution is 0.147. The van der Waals surface area contributed by atoms with Gasteiger partial charge in [0, 0.05) is 12.0 Å². The molecule has 25 heavy (non-hydrogen) atoms. The second-order valence-electron chi connectivity index (χ2n) is 6.70. The Morgan fingerprint density at radius 2 is 1.96 bits per heavy atom. The van der Waals surface area contributed by atoms with Crippen LogP contribution in [0.25, 0.3) is 10.8 Å². The SMILES string of the molecule is COc1ccc2ccc(Cc3nn(O)cc3C3CCNCC3)cc2c1. The zero-order valence-corrected chi connectivity index (χ0v) is 14.4. The predicted molar refractivity (Wildman–Crippen MR) is 97.6 cm³/mol. The minimum Gasteiger partial charge on any atom is -0.497 e. The van der Waals surface area contributed by atoms with Gasteiger partial charge in [0.1, 0.15) is 5.75 Å². The van der Waals surface area contributed by atoms with E-state index in [1.165, 1.54) is 16.5 Å². The number of benzene rings is 2. The van der Waals surface area contributed by atoms with Crippen molar-refractivity contribution in [2.24, 2.45) is 0 Å². The zero-order valence-electron chi connectivity index (χ0n) is 14.4. The Balaban J connectivity index is 1.64. The number of ether oxygens (including phenoxy) is 1. The fraction of sp³-hybridized carbons (Fsp3) is 0.350. The summed E-state index contributed by atoms with van der Waals surface area (Å²) in [7, 11) is 1.68. The van der Waals surface area contributed by atoms with Gasteiger partial charge < -0.3 is 15.3 Å². The van der Waals surface area contributed by atoms with E-state index in [1.54, 1.807) is 13.3 Å². The van der Waals surface area contributed by atoms with Gasteiger partial charge in [-0.05, 0) is 60.3 Å². The van der Waals surface area contributed by atoms with Gasteiger partial charge in [-0.3, -0.25) is 0 Å². The van der Waals surface area contributed by atoms with Crippen LogP contribution in [0, 0.1) is 0 Å². The van der Waals surface area contributed by atoms with Crippen LogP contribution >= 0.6 is 0 Å². The van der Waals surface area contributed by atoms with Crippen LogP contribution < -0.4 is 10.1 Å². The van der Waals surface area contributed by atoms with E-state index in [-0.39, 0.29) is 0 Å². The van der Waals surface area contributed by atoms with Gasteiger partial charge in [0.25, 0.3) is 0 Å². The van der Waals surface area contributed by atoms with Crippen LogP contribution in [0.4, 0.5) is 0 Å². The minimum atomic E-state index is 0.470. The highest BCUT2D eigenvalue weighted by Crippen LogP contribution is 2.29. The summed E-state index contributed by atoms with van der Waals surface area (Å²) >= 11 is 0. The van der Waals surface area contributed by atoms with Gasteiger partial charge in [0.15, 0.2) is 0 Å². The highest BCUT2D eigenvalue weighted by molar-refractivity contribution is 5.84. The molecule has 0 spiro atoms. The summed E-state index contributed by atoms with van der Waals surface area (Å²) in [5.74, 6) is 1.33. The van der Waals surface area contributed by atoms with Crippen molar-refractivity contribution >= 4 is 10.8 Å². The molecule has 0 aliphatic carbocycles. The van der Waals surface area contributed by atoms with Crippen LogP contribution in [0.15, 0.2) is 42.6 Å². The molecule has 2 aromatic carbocycles. The molecule has 0 unspecified atom stereocenters. The van der Waals surface area contributed by atoms with Gasteiger partial charge in [-0.2, -0.15) is 0 Å². The number of piperidine rings is 1. The molecule has 0 radical (unpaired) electrons. The number of hydrogen-bond donors (Lipinski definition) is 2. The molecule has 5 nitrogen and oxygen atoms in total. The van der Waals surface area contributed by atoms with Gasteiger partial charge >= 0.3 is 0 Å². The first-order valence-corrected chi connectivity index (χ1v) is 8.78. The molecule has 2 heterocycles. The third-order valence-corrected chi connectivity index (χ3v) is 5.07. The van der Waals surface area contributed by atoms with E-state index < -0.39 is 0 Å². The molecule has 1 aliphatic rings. The fourth-order valence-corrected chi connectivity index (χ4v) is 3.73. The number of aromatic nitrogens is 2. The topological polar surface area (TPSA) is 59.3 Å². The summed E-state index contributed by atoms with van der Waals surface area (Å²) < 4.78 is 5.33. The molecule has 0 bridgehead atoms. The lowest BCUT2D eigenvalue weighted by Crippen LogP contribution is -2.26. The number of rotatable bonds is 4. The molecule has 1 aliphatic heterocycles. The average Bonchev–Trinajstić information content (AvgIpc) is 3.02. The van der Waals surface area contributed by atoms with E-state index in [4.69, 9.17) is 4.74 Å². The van der Waals surface area contributed by atoms with E-state index >= 15 is 0 Å². The zero-order chi connectivity index (χ0) is 17.2. The van der Waals surface area contributed by atoms with Crippen LogP contribution in [0.3, 0.4) is 0 Å². The number of fused-ring (bicyclic) bond motifs is 1. The van der Waals surface area contributed by atoms with Gasteiger partial charge in [0.2, 0.25) is 0 Å². The molecule has 2 N–H and O–H groups in total. The second kappa shape index (κ2) is 6.76. The quantitative estimate of drug-likeness (QED) is 0.717. The first-order valence-electron chi connectivity index (χ1n) is 8.78. The van der Waals surface area contributed by atoms with E-state index in [2.05, 4.69) is 40.7 Å². The van der Waals surface area contributed by atoms with Crippen molar-refractivity contribution in [3.8, 4) is 5.75 Å². The molecule has 1 fully saturated rings. The molecule has 1 aromatic heterocycles. The first kappa shape index (κ1) is 16.0. The van der Waals surface area contributed by atoms with Crippen LogP contribution in [-0.4, -0.2) is 35.4 Å². The van der Waals surface area contributed by atoms with E-state index in [0.717, 1.165) is 54.0 Å². The van der Waals surface area contributed by atoms with Gasteiger partial charge in [0.05, 0.1) is 19.0 Å². The van der Waals surface area contributed by atoms with Crippen molar-refractivity contribution in [1.82, 2.24) is 15.3 Å². The van der Waals surface area contributed by atoms with Crippen molar-refractivity contribution in [2.75, 3.05) is 20.2 Å². The van der Waals surface area contributed by atoms with Crippen LogP contribution in [0.1, 0.15) is 35.6 Å². The van der Waals surface area contributed by atoms with Crippen molar-refractivity contribution < 1.29 is 9.94 Å². The molecule has 1 saturated heterocycles. The van der Waals surface area contributed by atoms with Crippen LogP contribution in [-0.2, 0) is 6.42 Å². The minimum absolute atomic E-state index is 0.470. The molecule has 0 atom stereocenters. The summed E-state index contributed by atoms with van der Waals surface area (Å²) in [6.07, 6.45) is 4.68. The monoisotopic (exact) mass is 337 g/mol. The van der Waals surface area contributed by atoms with Crippen LogP contribution in [0.5, 0.6) is 5.75 Å². The Bertz CT molecular complexity index is 882. The molecular formula is C20H23N3O2. The Hall–Kier alpha value is -2.53. The maximum Gasteiger partial charge on any atom is 0.119 e. The molecule has 0 saturated carbocycles. The summed E-state index contributed by atoms with van der Waals surface area (Å²) in [5, 5.41) is 19.9. The summed E-state index contributed by atoms with van der Waals surface area (Å²) in [4.78, 5) is 0.969. The summed E-state index contributed by atoms with van der Waals surface area (Å²) in [6.45, 7) is 2.05. The van der Waals surface area contributed by atoms with Crippen molar-refractivity contribution in [2.45, 2.75) is 25.2 Å². The molecule has 4 rings (SSSR count). The number of hydrogen-bond acceptors (Lipinski definition) is 4. The maximum absolute atomic E-state index is 9.86. The highest BCUT2D eigenvalue weighted by atomic mass is 16.5. The molecule has 3 aromatic rings. The summed E-state index contributed by atoms with van der Waals surface area (Å²) in [6, 6.07) is 12.5. The van der Waals surface area contributed by atoms with Gasteiger partial charge in [-0.1, -0.05) is 24.3 Å². The standard InChI is InChI=1S/C20H23N3O2/c1-25-18-5-4-15-3-2-14(10-17(15)12-18)11-20-19(13-23(24)22-20)16-6-8-21-9-7-16/h2-5,10,12-13,16,21,24H,6-9,11H2,1H3. The highest BCUT2D eigenvalue weighted by Gasteiger charge is 2.21. The normalized spacial score (nSPS) is 15.6. The van der Waals surface area contributed by atoms with Crippen molar-refractivity contribution in [1.29, 1.82) is 0 Å². The third kappa shape index (κ3) is 3.33. The van der Waals surface area contributed by atoms with Gasteiger partial charge in [-0.15, -0.1) is 9.94 Å². The Morgan fingerprint density at radius 1 is 1.16 bits per heavy atom. The van der Waals surface area contributed by atoms with E-state index in [9.17, 15) is 5.21 Å². The molecule has 130 valence electrons. The number of nitrogens with zero attached hydrogens (tertiary/aromatic N) is 2. The second-order valence-corrected chi connectivity index (χ2v) is 6.70. The van der Waals surface area contributed by atoms with Crippen molar-refractivity contribution in [3.63, 3.8) is 0 Å². The third-order valence-electron chi connectivity index (χ3n) is 5.07. The average molecular weight is 337 g/mol. The lowest BCUT2D eigenvalue weighted by atomic mass is 9.89. The Morgan fingerprint density at radius 3 is 2.76 bits per heavy atom. The molecule has 0 amide bonds. The predicted octanol–water partition coefficient (Wildman–Crippen LogP) is 3.34. The number of nitrogens with one attached hydrogen (secondary N) is 1. The number of methoxy groups -OCH3 is 1.